The smallest absolute Gasteiger partial charge is 0.320 e. The minimum Gasteiger partial charge on any atom is -0.480 e. The van der Waals surface area contributed by atoms with Crippen LogP contribution in [0.4, 0.5) is 5.82 Å². The van der Waals surface area contributed by atoms with E-state index in [9.17, 15) is 9.59 Å². The number of carboxylic acids is 1. The Hall–Kier alpha value is -2.81. The van der Waals surface area contributed by atoms with Gasteiger partial charge in [0.15, 0.2) is 0 Å². The molecule has 0 fully saturated rings. The zero-order valence-electron chi connectivity index (χ0n) is 21.7. The minimum atomic E-state index is -0.795. The number of hydrogen-bond acceptors (Lipinski definition) is 7. The number of aromatic nitrogens is 1. The number of aryl methyl sites for hydroxylation is 2. The summed E-state index contributed by atoms with van der Waals surface area (Å²) in [5.74, 6) is 0.267. The second-order valence-electron chi connectivity index (χ2n) is 8.96. The Balaban J connectivity index is 0.000000425. The van der Waals surface area contributed by atoms with Crippen molar-refractivity contribution in [3.8, 4) is 0 Å². The third-order valence-electron chi connectivity index (χ3n) is 6.26. The summed E-state index contributed by atoms with van der Waals surface area (Å²) in [6, 6.07) is 13.5. The molecule has 8 heteroatoms. The molecular weight excluding hydrogens is 456 g/mol. The molecule has 0 bridgehead atoms. The van der Waals surface area contributed by atoms with E-state index in [1.807, 2.05) is 30.3 Å². The van der Waals surface area contributed by atoms with E-state index in [0.29, 0.717) is 19.4 Å². The number of unbranched alkanes of at least 4 members (excludes halogenated alkanes) is 1. The molecule has 0 radical (unpaired) electrons. The van der Waals surface area contributed by atoms with Crippen LogP contribution in [0.5, 0.6) is 0 Å². The molecule has 8 nitrogen and oxygen atoms in total. The summed E-state index contributed by atoms with van der Waals surface area (Å²) >= 11 is 0. The number of benzene rings is 1. The Bertz CT molecular complexity index is 894. The average Bonchev–Trinajstić information content (AvgIpc) is 2.90. The van der Waals surface area contributed by atoms with Gasteiger partial charge in [0.1, 0.15) is 18.1 Å². The number of rotatable bonds is 15. The van der Waals surface area contributed by atoms with Crippen LogP contribution in [0.25, 0.3) is 0 Å². The molecule has 0 saturated carbocycles. The first-order valence-electron chi connectivity index (χ1n) is 12.9. The molecule has 1 aromatic carbocycles. The first-order chi connectivity index (χ1) is 17.6. The van der Waals surface area contributed by atoms with Crippen LogP contribution < -0.4 is 10.6 Å². The maximum absolute atomic E-state index is 11.2. The molecular formula is C28H42N4O4. The molecule has 36 heavy (non-hydrogen) atoms. The zero-order chi connectivity index (χ0) is 26.0. The van der Waals surface area contributed by atoms with Crippen LogP contribution in [0.15, 0.2) is 42.5 Å². The van der Waals surface area contributed by atoms with Crippen molar-refractivity contribution in [3.63, 3.8) is 0 Å². The van der Waals surface area contributed by atoms with Crippen LogP contribution in [0.1, 0.15) is 42.5 Å². The highest BCUT2D eigenvalue weighted by Gasteiger charge is 2.16. The third kappa shape index (κ3) is 11.3. The van der Waals surface area contributed by atoms with Gasteiger partial charge in [-0.05, 0) is 69.3 Å². The van der Waals surface area contributed by atoms with Gasteiger partial charge in [-0.3, -0.25) is 4.79 Å². The van der Waals surface area contributed by atoms with Gasteiger partial charge in [-0.25, -0.2) is 4.98 Å². The number of carboxylic acid groups (broad SMARTS) is 1. The zero-order valence-corrected chi connectivity index (χ0v) is 21.7. The Morgan fingerprint density at radius 1 is 1.19 bits per heavy atom. The van der Waals surface area contributed by atoms with E-state index in [4.69, 9.17) is 14.8 Å². The number of likely N-dealkylation sites (N-methyl/N-ethyl adjacent to an activating group) is 1. The number of carbonyl (C=O) groups excluding carboxylic acids is 1. The molecule has 1 aliphatic heterocycles. The van der Waals surface area contributed by atoms with Gasteiger partial charge in [0.05, 0.1) is 6.61 Å². The van der Waals surface area contributed by atoms with Crippen LogP contribution in [0.3, 0.4) is 0 Å². The third-order valence-corrected chi connectivity index (χ3v) is 6.26. The van der Waals surface area contributed by atoms with E-state index in [-0.39, 0.29) is 0 Å². The Morgan fingerprint density at radius 3 is 2.69 bits per heavy atom. The highest BCUT2D eigenvalue weighted by Crippen LogP contribution is 2.20. The molecule has 1 aliphatic rings. The largest absolute Gasteiger partial charge is 0.480 e. The van der Waals surface area contributed by atoms with Crippen LogP contribution in [0.2, 0.25) is 0 Å². The topological polar surface area (TPSA) is 104 Å². The number of anilines is 1. The fourth-order valence-electron chi connectivity index (χ4n) is 4.12. The normalized spacial score (nSPS) is 13.2. The summed E-state index contributed by atoms with van der Waals surface area (Å²) in [6.07, 6.45) is 7.44. The standard InChI is InChI=1S/C20H34N4O3.C8H8O/c1-21-18(20(25)26)10-13-24(14-15-27-2)12-4-3-7-17-9-8-16-6-5-11-22-19(16)23-17;9-7-6-8-4-2-1-3-5-8/h8-9,18,21H,3-7,10-15H2,1-2H3,(H,22,23)(H,25,26);1-5,7H,6H2. The fraction of sp³-hybridized carbons (Fsp3) is 0.536. The summed E-state index contributed by atoms with van der Waals surface area (Å²) in [5, 5.41) is 15.4. The summed E-state index contributed by atoms with van der Waals surface area (Å²) < 4.78 is 5.19. The van der Waals surface area contributed by atoms with Gasteiger partial charge < -0.3 is 30.2 Å². The number of pyridine rings is 1. The summed E-state index contributed by atoms with van der Waals surface area (Å²) in [6.45, 7) is 4.20. The Labute approximate surface area is 215 Å². The van der Waals surface area contributed by atoms with E-state index in [0.717, 1.165) is 75.2 Å². The average molecular weight is 499 g/mol. The van der Waals surface area contributed by atoms with E-state index in [1.165, 1.54) is 12.0 Å². The molecule has 0 aliphatic carbocycles. The van der Waals surface area contributed by atoms with E-state index in [2.05, 4.69) is 27.7 Å². The lowest BCUT2D eigenvalue weighted by atomic mass is 10.1. The quantitative estimate of drug-likeness (QED) is 0.254. The lowest BCUT2D eigenvalue weighted by Gasteiger charge is -2.23. The number of carbonyl (C=O) groups is 2. The van der Waals surface area contributed by atoms with Crippen LogP contribution in [0, 0.1) is 0 Å². The number of hydrogen-bond donors (Lipinski definition) is 3. The van der Waals surface area contributed by atoms with Gasteiger partial charge in [-0.15, -0.1) is 0 Å². The van der Waals surface area contributed by atoms with Crippen LogP contribution >= 0.6 is 0 Å². The van der Waals surface area contributed by atoms with Crippen molar-refractivity contribution in [2.75, 3.05) is 52.3 Å². The number of aliphatic carboxylic acids is 1. The van der Waals surface area contributed by atoms with Crippen LogP contribution in [-0.4, -0.2) is 80.2 Å². The molecule has 198 valence electrons. The second kappa shape index (κ2) is 17.6. The van der Waals surface area contributed by atoms with Crippen molar-refractivity contribution in [3.05, 3.63) is 59.3 Å². The maximum Gasteiger partial charge on any atom is 0.320 e. The highest BCUT2D eigenvalue weighted by molar-refractivity contribution is 5.73. The SMILES string of the molecule is CNC(CCN(CCCCc1ccc2c(n1)NCCC2)CCOC)C(=O)O.O=CCc1ccccc1. The number of ether oxygens (including phenoxy) is 1. The van der Waals surface area contributed by atoms with Crippen molar-refractivity contribution >= 4 is 18.1 Å². The maximum atomic E-state index is 11.2. The minimum absolute atomic E-state index is 0.498. The molecule has 0 spiro atoms. The number of fused-ring (bicyclic) bond motifs is 1. The van der Waals surface area contributed by atoms with Gasteiger partial charge >= 0.3 is 5.97 Å². The number of methoxy groups -OCH3 is 1. The van der Waals surface area contributed by atoms with Gasteiger partial charge in [0.25, 0.3) is 0 Å². The van der Waals surface area contributed by atoms with E-state index < -0.39 is 12.0 Å². The number of aldehydes is 1. The molecule has 2 heterocycles. The van der Waals surface area contributed by atoms with Gasteiger partial charge in [-0.1, -0.05) is 36.4 Å². The van der Waals surface area contributed by atoms with Crippen molar-refractivity contribution in [2.24, 2.45) is 0 Å². The van der Waals surface area contributed by atoms with Gasteiger partial charge in [0.2, 0.25) is 0 Å². The molecule has 0 amide bonds. The summed E-state index contributed by atoms with van der Waals surface area (Å²) in [7, 11) is 3.39. The fourth-order valence-corrected chi connectivity index (χ4v) is 4.12. The highest BCUT2D eigenvalue weighted by atomic mass is 16.5. The van der Waals surface area contributed by atoms with Crippen molar-refractivity contribution in [1.82, 2.24) is 15.2 Å². The number of nitrogens with one attached hydrogen (secondary N) is 2. The molecule has 3 rings (SSSR count). The molecule has 1 aromatic heterocycles. The van der Waals surface area contributed by atoms with Gasteiger partial charge in [0, 0.05) is 38.9 Å². The van der Waals surface area contributed by atoms with Crippen molar-refractivity contribution in [1.29, 1.82) is 0 Å². The number of nitrogens with zero attached hydrogens (tertiary/aromatic N) is 2. The van der Waals surface area contributed by atoms with E-state index >= 15 is 0 Å². The molecule has 0 saturated heterocycles. The monoisotopic (exact) mass is 498 g/mol. The molecule has 3 N–H and O–H groups in total. The van der Waals surface area contributed by atoms with Gasteiger partial charge in [-0.2, -0.15) is 0 Å². The van der Waals surface area contributed by atoms with Crippen molar-refractivity contribution < 1.29 is 19.4 Å². The Morgan fingerprint density at radius 2 is 2.00 bits per heavy atom. The second-order valence-corrected chi connectivity index (χ2v) is 8.96. The molecule has 1 unspecified atom stereocenters. The van der Waals surface area contributed by atoms with E-state index in [1.54, 1.807) is 14.2 Å². The summed E-state index contributed by atoms with van der Waals surface area (Å²) in [5.41, 5.74) is 3.55. The first kappa shape index (κ1) is 29.4. The predicted molar refractivity (Wildman–Crippen MR) is 144 cm³/mol. The Kier molecular flexibility index (Phi) is 14.4. The first-order valence-corrected chi connectivity index (χ1v) is 12.9. The summed E-state index contributed by atoms with van der Waals surface area (Å²) in [4.78, 5) is 28.2. The molecule has 2 aromatic rings. The van der Waals surface area contributed by atoms with Crippen LogP contribution in [-0.2, 0) is 33.6 Å². The predicted octanol–water partition coefficient (Wildman–Crippen LogP) is 3.20. The lowest BCUT2D eigenvalue weighted by Crippen LogP contribution is -2.39. The van der Waals surface area contributed by atoms with Crippen molar-refractivity contribution in [2.45, 2.75) is 51.0 Å². The molecule has 1 atom stereocenters. The lowest BCUT2D eigenvalue weighted by molar-refractivity contribution is -0.139.